The molecule has 1 atom stereocenters. The number of benzene rings is 3. The summed E-state index contributed by atoms with van der Waals surface area (Å²) in [6.07, 6.45) is 6.39. The quantitative estimate of drug-likeness (QED) is 0.176. The number of carboxylic acids is 1. The molecule has 2 heterocycles. The number of amides is 1. The van der Waals surface area contributed by atoms with Gasteiger partial charge >= 0.3 is 10.8 Å². The number of nitrogens with zero attached hydrogens (tertiary/aromatic N) is 2. The summed E-state index contributed by atoms with van der Waals surface area (Å²) >= 11 is 1.29. The van der Waals surface area contributed by atoms with Crippen molar-refractivity contribution in [2.45, 2.75) is 64.3 Å². The predicted octanol–water partition coefficient (Wildman–Crippen LogP) is 6.41. The van der Waals surface area contributed by atoms with Gasteiger partial charge in [-0.15, -0.1) is 0 Å². The molecule has 1 unspecified atom stereocenters. The van der Waals surface area contributed by atoms with Gasteiger partial charge in [-0.25, -0.2) is 0 Å². The Morgan fingerprint density at radius 1 is 0.951 bits per heavy atom. The summed E-state index contributed by atoms with van der Waals surface area (Å²) in [7, 11) is 0. The summed E-state index contributed by atoms with van der Waals surface area (Å²) in [5.41, 5.74) is 4.96. The zero-order chi connectivity index (χ0) is 28.8. The number of aliphatic carboxylic acids is 1. The van der Waals surface area contributed by atoms with Crippen LogP contribution in [0.5, 0.6) is 5.75 Å². The highest BCUT2D eigenvalue weighted by Crippen LogP contribution is 2.39. The third kappa shape index (κ3) is 6.70. The standard InChI is InChI=1S/C33H36N2O5S/c1-2-3-4-5-8-23-13-16-29-30(22-23)41-33(39)35(29)19-20-40-25-14-11-24(12-15-25)21-27-26-9-6-7-10-28(26)34(32(27)38)18-17-31(36)37/h6-7,9-16,22,27H,2-5,8,17-21H2,1H3,(H,36,37). The molecule has 1 aliphatic heterocycles. The van der Waals surface area contributed by atoms with Crippen LogP contribution in [0.3, 0.4) is 0 Å². The highest BCUT2D eigenvalue weighted by molar-refractivity contribution is 7.16. The zero-order valence-corrected chi connectivity index (χ0v) is 24.2. The number of aryl methyl sites for hydroxylation is 1. The van der Waals surface area contributed by atoms with Crippen LogP contribution in [-0.2, 0) is 29.0 Å². The Hall–Kier alpha value is -3.91. The van der Waals surface area contributed by atoms with Gasteiger partial charge in [-0.1, -0.05) is 73.9 Å². The van der Waals surface area contributed by atoms with Crippen molar-refractivity contribution in [3.63, 3.8) is 0 Å². The van der Waals surface area contributed by atoms with Crippen LogP contribution < -0.4 is 14.5 Å². The van der Waals surface area contributed by atoms with E-state index in [1.807, 2.05) is 48.5 Å². The Bertz CT molecular complexity index is 1570. The highest BCUT2D eigenvalue weighted by atomic mass is 32.1. The van der Waals surface area contributed by atoms with Crippen molar-refractivity contribution in [3.05, 3.63) is 93.1 Å². The van der Waals surface area contributed by atoms with Crippen molar-refractivity contribution >= 4 is 39.1 Å². The number of ether oxygens (including phenoxy) is 1. The average Bonchev–Trinajstić information content (AvgIpc) is 3.42. The number of unbranched alkanes of at least 4 members (excludes halogenated alkanes) is 3. The molecule has 0 bridgehead atoms. The second-order valence-electron chi connectivity index (χ2n) is 10.6. The molecule has 0 saturated carbocycles. The van der Waals surface area contributed by atoms with E-state index < -0.39 is 5.97 Å². The monoisotopic (exact) mass is 572 g/mol. The van der Waals surface area contributed by atoms with E-state index in [4.69, 9.17) is 9.84 Å². The number of fused-ring (bicyclic) bond motifs is 2. The summed E-state index contributed by atoms with van der Waals surface area (Å²) in [6, 6.07) is 21.6. The van der Waals surface area contributed by atoms with E-state index in [1.165, 1.54) is 42.6 Å². The largest absolute Gasteiger partial charge is 0.492 e. The van der Waals surface area contributed by atoms with Gasteiger partial charge < -0.3 is 14.7 Å². The van der Waals surface area contributed by atoms with Crippen molar-refractivity contribution in [1.29, 1.82) is 0 Å². The Morgan fingerprint density at radius 2 is 1.73 bits per heavy atom. The van der Waals surface area contributed by atoms with Crippen LogP contribution in [0.15, 0.2) is 71.5 Å². The van der Waals surface area contributed by atoms with Crippen LogP contribution in [0, 0.1) is 0 Å². The fourth-order valence-electron chi connectivity index (χ4n) is 5.55. The zero-order valence-electron chi connectivity index (χ0n) is 23.4. The van der Waals surface area contributed by atoms with Crippen molar-refractivity contribution in [1.82, 2.24) is 4.57 Å². The molecule has 1 aliphatic rings. The summed E-state index contributed by atoms with van der Waals surface area (Å²) in [5.74, 6) is -0.627. The van der Waals surface area contributed by atoms with Crippen LogP contribution in [0.25, 0.3) is 10.2 Å². The minimum atomic E-state index is -0.923. The molecule has 4 aromatic rings. The minimum Gasteiger partial charge on any atom is -0.492 e. The van der Waals surface area contributed by atoms with Crippen LogP contribution in [0.1, 0.15) is 61.6 Å². The number of thiazole rings is 1. The molecule has 0 spiro atoms. The van der Waals surface area contributed by atoms with E-state index in [1.54, 1.807) is 9.47 Å². The van der Waals surface area contributed by atoms with E-state index in [0.29, 0.717) is 25.3 Å². The van der Waals surface area contributed by atoms with Crippen LogP contribution in [-0.4, -0.2) is 34.7 Å². The average molecular weight is 573 g/mol. The van der Waals surface area contributed by atoms with Gasteiger partial charge in [0.25, 0.3) is 0 Å². The molecule has 0 saturated heterocycles. The van der Waals surface area contributed by atoms with E-state index in [-0.39, 0.29) is 29.7 Å². The molecule has 7 nitrogen and oxygen atoms in total. The Labute approximate surface area is 244 Å². The Balaban J connectivity index is 1.18. The maximum Gasteiger partial charge on any atom is 0.308 e. The first kappa shape index (κ1) is 28.6. The molecule has 1 amide bonds. The number of aromatic nitrogens is 1. The van der Waals surface area contributed by atoms with Crippen molar-refractivity contribution in [3.8, 4) is 5.75 Å². The number of hydrogen-bond acceptors (Lipinski definition) is 5. The first-order valence-corrected chi connectivity index (χ1v) is 15.2. The van der Waals surface area contributed by atoms with Crippen LogP contribution in [0.4, 0.5) is 5.69 Å². The molecule has 8 heteroatoms. The molecule has 0 radical (unpaired) electrons. The van der Waals surface area contributed by atoms with Crippen LogP contribution >= 0.6 is 11.3 Å². The lowest BCUT2D eigenvalue weighted by molar-refractivity contribution is -0.136. The SMILES string of the molecule is CCCCCCc1ccc2c(c1)sc(=O)n2CCOc1ccc(CC2C(=O)N(CCC(=O)O)c3ccccc32)cc1. The first-order chi connectivity index (χ1) is 19.9. The Morgan fingerprint density at radius 3 is 2.51 bits per heavy atom. The molecule has 1 N–H and O–H groups in total. The molecule has 1 aromatic heterocycles. The molecular formula is C33H36N2O5S. The maximum absolute atomic E-state index is 13.2. The second-order valence-corrected chi connectivity index (χ2v) is 11.6. The van der Waals surface area contributed by atoms with Crippen LogP contribution in [0.2, 0.25) is 0 Å². The number of hydrogen-bond donors (Lipinski definition) is 1. The van der Waals surface area contributed by atoms with Crippen molar-refractivity contribution in [2.24, 2.45) is 0 Å². The number of carbonyl (C=O) groups is 2. The minimum absolute atomic E-state index is 0.0287. The summed E-state index contributed by atoms with van der Waals surface area (Å²) < 4.78 is 8.78. The van der Waals surface area contributed by atoms with Gasteiger partial charge in [0, 0.05) is 12.2 Å². The summed E-state index contributed by atoms with van der Waals surface area (Å²) in [4.78, 5) is 38.6. The molecule has 5 rings (SSSR count). The summed E-state index contributed by atoms with van der Waals surface area (Å²) in [6.45, 7) is 3.22. The van der Waals surface area contributed by atoms with E-state index in [9.17, 15) is 14.4 Å². The lowest BCUT2D eigenvalue weighted by Crippen LogP contribution is -2.31. The normalized spacial score (nSPS) is 14.5. The Kier molecular flexibility index (Phi) is 9.19. The molecular weight excluding hydrogens is 536 g/mol. The number of rotatable bonds is 14. The fourth-order valence-corrected chi connectivity index (χ4v) is 6.53. The highest BCUT2D eigenvalue weighted by Gasteiger charge is 2.36. The van der Waals surface area contributed by atoms with Gasteiger partial charge in [0.05, 0.1) is 29.1 Å². The molecule has 0 fully saturated rings. The lowest BCUT2D eigenvalue weighted by atomic mass is 9.93. The number of anilines is 1. The van der Waals surface area contributed by atoms with Gasteiger partial charge in [-0.3, -0.25) is 19.0 Å². The predicted molar refractivity (Wildman–Crippen MR) is 163 cm³/mol. The molecule has 214 valence electrons. The smallest absolute Gasteiger partial charge is 0.308 e. The summed E-state index contributed by atoms with van der Waals surface area (Å²) in [5, 5.41) is 9.09. The van der Waals surface area contributed by atoms with Crippen molar-refractivity contribution in [2.75, 3.05) is 18.1 Å². The number of para-hydroxylation sites is 1. The van der Waals surface area contributed by atoms with Gasteiger partial charge in [0.1, 0.15) is 12.4 Å². The van der Waals surface area contributed by atoms with Gasteiger partial charge in [-0.2, -0.15) is 0 Å². The van der Waals surface area contributed by atoms with E-state index in [2.05, 4.69) is 25.1 Å². The first-order valence-electron chi connectivity index (χ1n) is 14.4. The maximum atomic E-state index is 13.2. The van der Waals surface area contributed by atoms with Gasteiger partial charge in [-0.05, 0) is 66.3 Å². The van der Waals surface area contributed by atoms with Gasteiger partial charge in [0.15, 0.2) is 0 Å². The van der Waals surface area contributed by atoms with Gasteiger partial charge in [0.2, 0.25) is 5.91 Å². The number of carboxylic acid groups (broad SMARTS) is 1. The fraction of sp³-hybridized carbons (Fsp3) is 0.364. The number of carbonyl (C=O) groups excluding carboxylic acids is 1. The third-order valence-electron chi connectivity index (χ3n) is 7.71. The topological polar surface area (TPSA) is 88.8 Å². The van der Waals surface area contributed by atoms with E-state index in [0.717, 1.165) is 33.5 Å². The molecule has 3 aromatic carbocycles. The molecule has 0 aliphatic carbocycles. The molecule has 41 heavy (non-hydrogen) atoms. The third-order valence-corrected chi connectivity index (χ3v) is 8.66. The van der Waals surface area contributed by atoms with Crippen molar-refractivity contribution < 1.29 is 19.4 Å². The van der Waals surface area contributed by atoms with E-state index >= 15 is 0 Å². The lowest BCUT2D eigenvalue weighted by Gasteiger charge is -2.17. The second kappa shape index (κ2) is 13.2.